The lowest BCUT2D eigenvalue weighted by atomic mass is 10.2. The van der Waals surface area contributed by atoms with E-state index in [-0.39, 0.29) is 0 Å². The van der Waals surface area contributed by atoms with Gasteiger partial charge >= 0.3 is 0 Å². The Morgan fingerprint density at radius 3 is 2.90 bits per heavy atom. The van der Waals surface area contributed by atoms with Gasteiger partial charge in [0.1, 0.15) is 12.4 Å². The highest BCUT2D eigenvalue weighted by Gasteiger charge is 2.08. The van der Waals surface area contributed by atoms with E-state index in [1.165, 1.54) is 0 Å². The Kier molecular flexibility index (Phi) is 5.65. The maximum atomic E-state index is 6.08. The van der Waals surface area contributed by atoms with Crippen molar-refractivity contribution in [2.24, 2.45) is 0 Å². The molecule has 0 fully saturated rings. The van der Waals surface area contributed by atoms with E-state index in [9.17, 15) is 0 Å². The number of benzene rings is 1. The Morgan fingerprint density at radius 2 is 2.19 bits per heavy atom. The summed E-state index contributed by atoms with van der Waals surface area (Å²) in [5.74, 6) is 0.858. The Morgan fingerprint density at radius 1 is 1.38 bits per heavy atom. The quantitative estimate of drug-likeness (QED) is 0.849. The first-order valence-electron chi connectivity index (χ1n) is 7.23. The zero-order valence-corrected chi connectivity index (χ0v) is 13.5. The van der Waals surface area contributed by atoms with Crippen molar-refractivity contribution in [2.75, 3.05) is 0 Å². The van der Waals surface area contributed by atoms with Gasteiger partial charge in [-0.2, -0.15) is 0 Å². The van der Waals surface area contributed by atoms with Crippen molar-refractivity contribution in [1.82, 2.24) is 14.9 Å². The van der Waals surface area contributed by atoms with Crippen molar-refractivity contribution in [2.45, 2.75) is 46.5 Å². The monoisotopic (exact) mass is 307 g/mol. The second kappa shape index (κ2) is 7.48. The van der Waals surface area contributed by atoms with Crippen LogP contribution < -0.4 is 10.1 Å². The van der Waals surface area contributed by atoms with E-state index >= 15 is 0 Å². The highest BCUT2D eigenvalue weighted by molar-refractivity contribution is 6.30. The average molecular weight is 308 g/mol. The fourth-order valence-electron chi connectivity index (χ4n) is 2.05. The molecular formula is C16H22ClN3O. The van der Waals surface area contributed by atoms with Crippen LogP contribution >= 0.6 is 11.6 Å². The van der Waals surface area contributed by atoms with Gasteiger partial charge in [0, 0.05) is 29.7 Å². The van der Waals surface area contributed by atoms with Crippen LogP contribution in [0, 0.1) is 0 Å². The van der Waals surface area contributed by atoms with Crippen molar-refractivity contribution in [3.8, 4) is 5.75 Å². The predicted molar refractivity (Wildman–Crippen MR) is 85.7 cm³/mol. The van der Waals surface area contributed by atoms with Crippen LogP contribution in [0.4, 0.5) is 0 Å². The van der Waals surface area contributed by atoms with E-state index in [0.717, 1.165) is 35.1 Å². The topological polar surface area (TPSA) is 39.1 Å². The average Bonchev–Trinajstić information content (AvgIpc) is 2.91. The summed E-state index contributed by atoms with van der Waals surface area (Å²) >= 11 is 6.08. The number of halogens is 1. The fourth-order valence-corrected chi connectivity index (χ4v) is 2.24. The second-order valence-corrected chi connectivity index (χ2v) is 5.68. The minimum atomic E-state index is 0.415. The van der Waals surface area contributed by atoms with Crippen LogP contribution in [0.3, 0.4) is 0 Å². The zero-order chi connectivity index (χ0) is 15.2. The highest BCUT2D eigenvalue weighted by Crippen LogP contribution is 2.24. The minimum Gasteiger partial charge on any atom is -0.487 e. The number of nitrogens with one attached hydrogen (secondary N) is 1. The predicted octanol–water partition coefficient (Wildman–Crippen LogP) is 3.63. The van der Waals surface area contributed by atoms with Gasteiger partial charge in [0.05, 0.1) is 18.2 Å². The molecule has 1 aromatic carbocycles. The van der Waals surface area contributed by atoms with Crippen LogP contribution in [0.1, 0.15) is 32.0 Å². The summed E-state index contributed by atoms with van der Waals surface area (Å²) in [4.78, 5) is 4.15. The molecule has 0 radical (unpaired) electrons. The van der Waals surface area contributed by atoms with E-state index in [1.807, 2.05) is 30.7 Å². The molecule has 1 N–H and O–H groups in total. The Bertz CT molecular complexity index is 581. The number of imidazole rings is 1. The van der Waals surface area contributed by atoms with Gasteiger partial charge < -0.3 is 14.6 Å². The normalized spacial score (nSPS) is 11.1. The van der Waals surface area contributed by atoms with E-state index in [2.05, 4.69) is 35.6 Å². The van der Waals surface area contributed by atoms with Crippen LogP contribution in [-0.4, -0.2) is 15.6 Å². The van der Waals surface area contributed by atoms with Crippen LogP contribution in [0.2, 0.25) is 5.02 Å². The first kappa shape index (κ1) is 15.9. The van der Waals surface area contributed by atoms with Crippen molar-refractivity contribution in [3.05, 3.63) is 47.0 Å². The molecule has 0 bridgehead atoms. The molecule has 0 aliphatic rings. The van der Waals surface area contributed by atoms with Gasteiger partial charge in [0.2, 0.25) is 0 Å². The molecule has 1 heterocycles. The number of aromatic nitrogens is 2. The number of hydrogen-bond donors (Lipinski definition) is 1. The van der Waals surface area contributed by atoms with Crippen molar-refractivity contribution >= 4 is 11.6 Å². The Balaban J connectivity index is 2.08. The zero-order valence-electron chi connectivity index (χ0n) is 12.8. The maximum Gasteiger partial charge on any atom is 0.130 e. The molecule has 1 aromatic heterocycles. The summed E-state index contributed by atoms with van der Waals surface area (Å²) in [7, 11) is 0. The number of hydrogen-bond acceptors (Lipinski definition) is 3. The van der Waals surface area contributed by atoms with Gasteiger partial charge in [-0.25, -0.2) is 4.98 Å². The van der Waals surface area contributed by atoms with E-state index in [1.54, 1.807) is 0 Å². The molecule has 0 saturated heterocycles. The molecule has 0 aliphatic heterocycles. The largest absolute Gasteiger partial charge is 0.487 e. The molecule has 0 spiro atoms. The molecule has 4 nitrogen and oxygen atoms in total. The summed E-state index contributed by atoms with van der Waals surface area (Å²) in [6.45, 7) is 8.45. The van der Waals surface area contributed by atoms with Crippen LogP contribution in [-0.2, 0) is 19.7 Å². The first-order chi connectivity index (χ1) is 10.1. The van der Waals surface area contributed by atoms with Crippen molar-refractivity contribution in [1.29, 1.82) is 0 Å². The molecule has 0 amide bonds. The SMILES string of the molecule is CCn1cncc1COc1ccc(Cl)cc1CNC(C)C. The van der Waals surface area contributed by atoms with Crippen molar-refractivity contribution in [3.63, 3.8) is 0 Å². The molecule has 2 aromatic rings. The summed E-state index contributed by atoms with van der Waals surface area (Å²) in [5.41, 5.74) is 2.13. The van der Waals surface area contributed by atoms with Gasteiger partial charge in [-0.1, -0.05) is 25.4 Å². The molecule has 21 heavy (non-hydrogen) atoms. The summed E-state index contributed by atoms with van der Waals surface area (Å²) in [6, 6.07) is 6.14. The third-order valence-electron chi connectivity index (χ3n) is 3.24. The highest BCUT2D eigenvalue weighted by atomic mass is 35.5. The summed E-state index contributed by atoms with van der Waals surface area (Å²) < 4.78 is 8.02. The first-order valence-corrected chi connectivity index (χ1v) is 7.61. The Hall–Kier alpha value is -1.52. The molecule has 0 atom stereocenters. The summed E-state index contributed by atoms with van der Waals surface area (Å²) in [5, 5.41) is 4.11. The molecule has 2 rings (SSSR count). The van der Waals surface area contributed by atoms with Crippen LogP contribution in [0.5, 0.6) is 5.75 Å². The van der Waals surface area contributed by atoms with Gasteiger partial charge in [0.25, 0.3) is 0 Å². The van der Waals surface area contributed by atoms with Gasteiger partial charge in [0.15, 0.2) is 0 Å². The van der Waals surface area contributed by atoms with E-state index in [0.29, 0.717) is 12.6 Å². The smallest absolute Gasteiger partial charge is 0.130 e. The maximum absolute atomic E-state index is 6.08. The number of rotatable bonds is 7. The van der Waals surface area contributed by atoms with Crippen molar-refractivity contribution < 1.29 is 4.74 Å². The molecule has 0 saturated carbocycles. The number of aryl methyl sites for hydroxylation is 1. The van der Waals surface area contributed by atoms with E-state index < -0.39 is 0 Å². The second-order valence-electron chi connectivity index (χ2n) is 5.25. The number of nitrogens with zero attached hydrogens (tertiary/aromatic N) is 2. The van der Waals surface area contributed by atoms with Crippen LogP contribution in [0.15, 0.2) is 30.7 Å². The number of ether oxygens (including phenoxy) is 1. The lowest BCUT2D eigenvalue weighted by Gasteiger charge is -2.14. The third kappa shape index (κ3) is 4.48. The Labute approximate surface area is 131 Å². The van der Waals surface area contributed by atoms with E-state index in [4.69, 9.17) is 16.3 Å². The van der Waals surface area contributed by atoms with Gasteiger partial charge in [-0.15, -0.1) is 0 Å². The van der Waals surface area contributed by atoms with Gasteiger partial charge in [-0.05, 0) is 25.1 Å². The fraction of sp³-hybridized carbons (Fsp3) is 0.438. The third-order valence-corrected chi connectivity index (χ3v) is 3.47. The lowest BCUT2D eigenvalue weighted by molar-refractivity contribution is 0.291. The molecule has 0 unspecified atom stereocenters. The lowest BCUT2D eigenvalue weighted by Crippen LogP contribution is -2.22. The molecule has 114 valence electrons. The molecule has 0 aliphatic carbocycles. The summed E-state index contributed by atoms with van der Waals surface area (Å²) in [6.07, 6.45) is 3.66. The molecule has 5 heteroatoms. The minimum absolute atomic E-state index is 0.415. The van der Waals surface area contributed by atoms with Crippen LogP contribution in [0.25, 0.3) is 0 Å². The molecular weight excluding hydrogens is 286 g/mol. The standard InChI is InChI=1S/C16H22ClN3O/c1-4-20-11-18-9-15(20)10-21-16-6-5-14(17)7-13(16)8-19-12(2)3/h5-7,9,11-12,19H,4,8,10H2,1-3H3. The van der Waals surface area contributed by atoms with Gasteiger partial charge in [-0.3, -0.25) is 0 Å².